The van der Waals surface area contributed by atoms with Crippen molar-refractivity contribution in [3.05, 3.63) is 0 Å². The van der Waals surface area contributed by atoms with Crippen molar-refractivity contribution >= 4 is 16.8 Å². The maximum atomic E-state index is 10.9. The van der Waals surface area contributed by atoms with E-state index in [0.717, 1.165) is 0 Å². The molecule has 0 aromatic carbocycles. The molecule has 1 saturated carbocycles. The quantitative estimate of drug-likeness (QED) is 0.600. The second-order valence-corrected chi connectivity index (χ2v) is 4.14. The lowest BCUT2D eigenvalue weighted by Gasteiger charge is -2.10. The molecule has 1 aliphatic carbocycles. The molecule has 1 aliphatic rings. The first-order chi connectivity index (χ1) is 4.88. The second kappa shape index (κ2) is 2.20. The van der Waals surface area contributed by atoms with Crippen LogP contribution in [0.15, 0.2) is 0 Å². The Balaban J connectivity index is 2.83. The predicted octanol–water partition coefficient (Wildman–Crippen LogP) is 1.81. The molecular weight excluding hydrogens is 164 g/mol. The minimum absolute atomic E-state index is 0.111. The molecule has 64 valence electrons. The molecule has 0 aromatic heterocycles. The van der Waals surface area contributed by atoms with Crippen molar-refractivity contribution in [1.29, 1.82) is 0 Å². The van der Waals surface area contributed by atoms with E-state index in [1.54, 1.807) is 7.11 Å². The molecule has 0 spiro atoms. The molecule has 0 N–H and O–H groups in total. The summed E-state index contributed by atoms with van der Waals surface area (Å²) in [7, 11) is 1.61. The first-order valence-corrected chi connectivity index (χ1v) is 4.00. The fourth-order valence-corrected chi connectivity index (χ4v) is 2.30. The van der Waals surface area contributed by atoms with Gasteiger partial charge in [-0.3, -0.25) is 4.79 Å². The normalized spacial score (nSPS) is 40.3. The van der Waals surface area contributed by atoms with Crippen LogP contribution in [-0.2, 0) is 9.53 Å². The largest absolute Gasteiger partial charge is 0.377 e. The summed E-state index contributed by atoms with van der Waals surface area (Å²) in [5.74, 6) is -0.151. The Hall–Kier alpha value is -0.0800. The minimum Gasteiger partial charge on any atom is -0.377 e. The van der Waals surface area contributed by atoms with Crippen LogP contribution in [0.4, 0.5) is 0 Å². The zero-order valence-corrected chi connectivity index (χ0v) is 8.03. The van der Waals surface area contributed by atoms with Crippen LogP contribution in [0.25, 0.3) is 0 Å². The highest BCUT2D eigenvalue weighted by Crippen LogP contribution is 2.64. The van der Waals surface area contributed by atoms with Gasteiger partial charge in [0, 0.05) is 12.5 Å². The lowest BCUT2D eigenvalue weighted by molar-refractivity contribution is -0.114. The Morgan fingerprint density at radius 3 is 2.00 bits per heavy atom. The van der Waals surface area contributed by atoms with Crippen molar-refractivity contribution in [1.82, 2.24) is 0 Å². The van der Waals surface area contributed by atoms with Gasteiger partial charge in [-0.25, -0.2) is 0 Å². The van der Waals surface area contributed by atoms with Gasteiger partial charge in [0.05, 0.1) is 11.5 Å². The first kappa shape index (κ1) is 9.01. The molecule has 1 fully saturated rings. The molecule has 2 nitrogen and oxygen atoms in total. The molecule has 0 aromatic rings. The van der Waals surface area contributed by atoms with Crippen molar-refractivity contribution in [2.45, 2.75) is 26.4 Å². The molecule has 2 atom stereocenters. The molecule has 0 saturated heterocycles. The fraction of sp³-hybridized carbons (Fsp3) is 0.875. The zero-order chi connectivity index (χ0) is 8.86. The summed E-state index contributed by atoms with van der Waals surface area (Å²) in [5.41, 5.74) is -0.466. The minimum atomic E-state index is -0.355. The van der Waals surface area contributed by atoms with Gasteiger partial charge in [-0.15, -0.1) is 0 Å². The first-order valence-electron chi connectivity index (χ1n) is 3.62. The number of hydrogen-bond donors (Lipinski definition) is 0. The summed E-state index contributed by atoms with van der Waals surface area (Å²) >= 11 is 5.40. The summed E-state index contributed by atoms with van der Waals surface area (Å²) in [6, 6.07) is 0. The van der Waals surface area contributed by atoms with Crippen molar-refractivity contribution in [2.24, 2.45) is 11.3 Å². The number of methoxy groups -OCH3 is 1. The van der Waals surface area contributed by atoms with Crippen molar-refractivity contribution < 1.29 is 9.53 Å². The second-order valence-electron chi connectivity index (χ2n) is 3.77. The van der Waals surface area contributed by atoms with E-state index >= 15 is 0 Å². The monoisotopic (exact) mass is 176 g/mol. The third kappa shape index (κ3) is 0.926. The Labute approximate surface area is 71.9 Å². The number of rotatable bonds is 2. The van der Waals surface area contributed by atoms with Gasteiger partial charge in [0.15, 0.2) is 0 Å². The van der Waals surface area contributed by atoms with Gasteiger partial charge in [0.2, 0.25) is 5.24 Å². The Kier molecular flexibility index (Phi) is 1.81. The van der Waals surface area contributed by atoms with E-state index in [9.17, 15) is 4.79 Å². The van der Waals surface area contributed by atoms with Gasteiger partial charge in [-0.1, -0.05) is 13.8 Å². The van der Waals surface area contributed by atoms with Gasteiger partial charge in [0.25, 0.3) is 0 Å². The smallest absolute Gasteiger partial charge is 0.228 e. The summed E-state index contributed by atoms with van der Waals surface area (Å²) < 4.78 is 5.23. The van der Waals surface area contributed by atoms with Crippen LogP contribution < -0.4 is 0 Å². The van der Waals surface area contributed by atoms with Crippen LogP contribution >= 0.6 is 11.6 Å². The SMILES string of the molecule is COC1(C)C(C(=O)Cl)C1(C)C. The van der Waals surface area contributed by atoms with E-state index < -0.39 is 0 Å². The van der Waals surface area contributed by atoms with Gasteiger partial charge in [0.1, 0.15) is 0 Å². The van der Waals surface area contributed by atoms with Gasteiger partial charge >= 0.3 is 0 Å². The van der Waals surface area contributed by atoms with E-state index in [1.807, 2.05) is 20.8 Å². The molecule has 0 aliphatic heterocycles. The van der Waals surface area contributed by atoms with Crippen LogP contribution in [-0.4, -0.2) is 18.0 Å². The van der Waals surface area contributed by atoms with Crippen LogP contribution in [0.1, 0.15) is 20.8 Å². The van der Waals surface area contributed by atoms with Gasteiger partial charge < -0.3 is 4.74 Å². The van der Waals surface area contributed by atoms with E-state index in [4.69, 9.17) is 16.3 Å². The topological polar surface area (TPSA) is 26.3 Å². The zero-order valence-electron chi connectivity index (χ0n) is 7.27. The Morgan fingerprint density at radius 1 is 1.45 bits per heavy atom. The van der Waals surface area contributed by atoms with Crippen LogP contribution in [0.5, 0.6) is 0 Å². The van der Waals surface area contributed by atoms with Crippen LogP contribution in [0, 0.1) is 11.3 Å². The summed E-state index contributed by atoms with van der Waals surface area (Å²) in [6.45, 7) is 5.89. The van der Waals surface area contributed by atoms with Crippen molar-refractivity contribution in [3.63, 3.8) is 0 Å². The molecule has 1 rings (SSSR count). The highest BCUT2D eigenvalue weighted by atomic mass is 35.5. The summed E-state index contributed by atoms with van der Waals surface area (Å²) in [4.78, 5) is 10.9. The average molecular weight is 177 g/mol. The van der Waals surface area contributed by atoms with Crippen LogP contribution in [0.2, 0.25) is 0 Å². The third-order valence-corrected chi connectivity index (χ3v) is 3.34. The van der Waals surface area contributed by atoms with E-state index in [1.165, 1.54) is 0 Å². The molecule has 0 radical (unpaired) electrons. The summed E-state index contributed by atoms with van der Waals surface area (Å²) in [5, 5.41) is -0.292. The molecule has 0 amide bonds. The highest BCUT2D eigenvalue weighted by Gasteiger charge is 2.72. The Bertz CT molecular complexity index is 200. The predicted molar refractivity (Wildman–Crippen MR) is 43.5 cm³/mol. The number of ether oxygens (including phenoxy) is 1. The summed E-state index contributed by atoms with van der Waals surface area (Å²) in [6.07, 6.45) is 0. The average Bonchev–Trinajstić information content (AvgIpc) is 2.29. The lowest BCUT2D eigenvalue weighted by Crippen LogP contribution is -2.15. The van der Waals surface area contributed by atoms with Crippen molar-refractivity contribution in [3.8, 4) is 0 Å². The van der Waals surface area contributed by atoms with Crippen molar-refractivity contribution in [2.75, 3.05) is 7.11 Å². The molecule has 11 heavy (non-hydrogen) atoms. The number of carbonyl (C=O) groups is 1. The van der Waals surface area contributed by atoms with E-state index in [2.05, 4.69) is 0 Å². The maximum Gasteiger partial charge on any atom is 0.228 e. The third-order valence-electron chi connectivity index (χ3n) is 3.12. The maximum absolute atomic E-state index is 10.9. The van der Waals surface area contributed by atoms with E-state index in [-0.39, 0.29) is 22.2 Å². The highest BCUT2D eigenvalue weighted by molar-refractivity contribution is 6.64. The number of halogens is 1. The molecular formula is C8H13ClO2. The molecule has 0 bridgehead atoms. The molecule has 2 unspecified atom stereocenters. The van der Waals surface area contributed by atoms with Gasteiger partial charge in [-0.2, -0.15) is 0 Å². The van der Waals surface area contributed by atoms with Crippen LogP contribution in [0.3, 0.4) is 0 Å². The standard InChI is InChI=1S/C8H13ClO2/c1-7(2)5(6(9)10)8(7,3)11-4/h5H,1-4H3. The number of hydrogen-bond acceptors (Lipinski definition) is 2. The lowest BCUT2D eigenvalue weighted by atomic mass is 10.1. The van der Waals surface area contributed by atoms with Gasteiger partial charge in [-0.05, 0) is 18.5 Å². The molecule has 3 heteroatoms. The molecule has 0 heterocycles. The Morgan fingerprint density at radius 2 is 1.91 bits per heavy atom. The van der Waals surface area contributed by atoms with E-state index in [0.29, 0.717) is 0 Å². The fourth-order valence-electron chi connectivity index (χ4n) is 1.82. The number of carbonyl (C=O) groups excluding carboxylic acids is 1.